The topological polar surface area (TPSA) is 37.8 Å². The lowest BCUT2D eigenvalue weighted by Gasteiger charge is -2.08. The number of nitrogens with one attached hydrogen (secondary N) is 1. The molecule has 1 aromatic heterocycles. The molecule has 18 heavy (non-hydrogen) atoms. The van der Waals surface area contributed by atoms with E-state index in [1.54, 1.807) is 6.33 Å². The van der Waals surface area contributed by atoms with Crippen LogP contribution in [-0.4, -0.2) is 9.97 Å². The lowest BCUT2D eigenvalue weighted by Crippen LogP contribution is -2.03. The van der Waals surface area contributed by atoms with Gasteiger partial charge in [0.05, 0.1) is 0 Å². The molecule has 2 aromatic rings. The first kappa shape index (κ1) is 12.8. The zero-order chi connectivity index (χ0) is 13.0. The van der Waals surface area contributed by atoms with E-state index in [1.807, 2.05) is 30.3 Å². The van der Waals surface area contributed by atoms with Gasteiger partial charge in [-0.05, 0) is 23.6 Å². The van der Waals surface area contributed by atoms with Crippen LogP contribution in [0.1, 0.15) is 31.0 Å². The first-order valence-corrected chi connectivity index (χ1v) is 6.33. The predicted molar refractivity (Wildman–Crippen MR) is 74.9 cm³/mol. The van der Waals surface area contributed by atoms with Gasteiger partial charge in [-0.3, -0.25) is 0 Å². The summed E-state index contributed by atoms with van der Waals surface area (Å²) in [5.41, 5.74) is 2.17. The van der Waals surface area contributed by atoms with Crippen molar-refractivity contribution in [3.05, 3.63) is 52.9 Å². The Hall–Kier alpha value is -1.61. The molecule has 94 valence electrons. The Balaban J connectivity index is 2.04. The number of hydrogen-bond acceptors (Lipinski definition) is 3. The van der Waals surface area contributed by atoms with Crippen LogP contribution in [0.3, 0.4) is 0 Å². The van der Waals surface area contributed by atoms with Gasteiger partial charge in [0.15, 0.2) is 0 Å². The normalized spacial score (nSPS) is 10.7. The summed E-state index contributed by atoms with van der Waals surface area (Å²) in [6, 6.07) is 9.77. The molecule has 0 aliphatic rings. The third kappa shape index (κ3) is 3.44. The number of nitrogens with zero attached hydrogens (tertiary/aromatic N) is 2. The van der Waals surface area contributed by atoms with E-state index in [0.29, 0.717) is 12.5 Å². The minimum absolute atomic E-state index is 0.403. The van der Waals surface area contributed by atoms with Crippen LogP contribution >= 0.6 is 11.6 Å². The summed E-state index contributed by atoms with van der Waals surface area (Å²) in [6.45, 7) is 4.93. The Bertz CT molecular complexity index is 526. The molecule has 0 radical (unpaired) electrons. The molecule has 0 bridgehead atoms. The van der Waals surface area contributed by atoms with Crippen LogP contribution in [0.4, 0.5) is 5.82 Å². The number of aromatic nitrogens is 2. The van der Waals surface area contributed by atoms with Gasteiger partial charge in [0.1, 0.15) is 12.1 Å². The maximum atomic E-state index is 5.94. The summed E-state index contributed by atoms with van der Waals surface area (Å²) < 4.78 is 0. The van der Waals surface area contributed by atoms with E-state index in [-0.39, 0.29) is 0 Å². The van der Waals surface area contributed by atoms with Crippen molar-refractivity contribution in [2.75, 3.05) is 5.32 Å². The number of rotatable bonds is 4. The Morgan fingerprint density at radius 3 is 2.78 bits per heavy atom. The van der Waals surface area contributed by atoms with Crippen LogP contribution in [0.5, 0.6) is 0 Å². The summed E-state index contributed by atoms with van der Waals surface area (Å²) in [6.07, 6.45) is 1.59. The molecule has 3 nitrogen and oxygen atoms in total. The van der Waals surface area contributed by atoms with Crippen LogP contribution in [0.2, 0.25) is 5.02 Å². The van der Waals surface area contributed by atoms with Crippen molar-refractivity contribution < 1.29 is 0 Å². The maximum Gasteiger partial charge on any atom is 0.129 e. The molecule has 0 aliphatic carbocycles. The molecule has 0 saturated heterocycles. The molecule has 1 aromatic carbocycles. The zero-order valence-corrected chi connectivity index (χ0v) is 11.3. The van der Waals surface area contributed by atoms with Gasteiger partial charge >= 0.3 is 0 Å². The molecular formula is C14H16ClN3. The molecule has 0 fully saturated rings. The lowest BCUT2D eigenvalue weighted by atomic mass is 10.1. The predicted octanol–water partition coefficient (Wildman–Crippen LogP) is 3.87. The molecular weight excluding hydrogens is 246 g/mol. The SMILES string of the molecule is CC(C)c1cc(NCc2cccc(Cl)c2)ncn1. The van der Waals surface area contributed by atoms with Crippen LogP contribution in [0.15, 0.2) is 36.7 Å². The molecule has 0 unspecified atom stereocenters. The van der Waals surface area contributed by atoms with Crippen molar-refractivity contribution in [2.45, 2.75) is 26.3 Å². The minimum Gasteiger partial charge on any atom is -0.366 e. The maximum absolute atomic E-state index is 5.94. The average Bonchev–Trinajstić information content (AvgIpc) is 2.37. The largest absolute Gasteiger partial charge is 0.366 e. The fourth-order valence-corrected chi connectivity index (χ4v) is 1.84. The third-order valence-electron chi connectivity index (χ3n) is 2.64. The highest BCUT2D eigenvalue weighted by Gasteiger charge is 2.02. The highest BCUT2D eigenvalue weighted by atomic mass is 35.5. The van der Waals surface area contributed by atoms with E-state index in [0.717, 1.165) is 22.1 Å². The van der Waals surface area contributed by atoms with Crippen molar-refractivity contribution in [2.24, 2.45) is 0 Å². The van der Waals surface area contributed by atoms with Gasteiger partial charge in [0.25, 0.3) is 0 Å². The van der Waals surface area contributed by atoms with Gasteiger partial charge in [-0.25, -0.2) is 9.97 Å². The molecule has 2 rings (SSSR count). The van der Waals surface area contributed by atoms with E-state index in [9.17, 15) is 0 Å². The van der Waals surface area contributed by atoms with Gasteiger partial charge in [-0.2, -0.15) is 0 Å². The average molecular weight is 262 g/mol. The molecule has 1 N–H and O–H groups in total. The molecule has 0 amide bonds. The Kier molecular flexibility index (Phi) is 4.15. The summed E-state index contributed by atoms with van der Waals surface area (Å²) in [5, 5.41) is 4.02. The first-order chi connectivity index (χ1) is 8.65. The van der Waals surface area contributed by atoms with Crippen molar-refractivity contribution in [1.82, 2.24) is 9.97 Å². The van der Waals surface area contributed by atoms with E-state index >= 15 is 0 Å². The van der Waals surface area contributed by atoms with Crippen LogP contribution < -0.4 is 5.32 Å². The minimum atomic E-state index is 0.403. The number of benzene rings is 1. The Morgan fingerprint density at radius 2 is 2.06 bits per heavy atom. The summed E-state index contributed by atoms with van der Waals surface area (Å²) in [7, 11) is 0. The van der Waals surface area contributed by atoms with Crippen molar-refractivity contribution in [3.63, 3.8) is 0 Å². The van der Waals surface area contributed by atoms with Gasteiger partial charge in [0.2, 0.25) is 0 Å². The van der Waals surface area contributed by atoms with E-state index in [2.05, 4.69) is 29.1 Å². The number of anilines is 1. The highest BCUT2D eigenvalue weighted by Crippen LogP contribution is 2.15. The first-order valence-electron chi connectivity index (χ1n) is 5.95. The fourth-order valence-electron chi connectivity index (χ4n) is 1.62. The second-order valence-corrected chi connectivity index (χ2v) is 4.90. The molecule has 1 heterocycles. The summed E-state index contributed by atoms with van der Waals surface area (Å²) >= 11 is 5.94. The molecule has 0 spiro atoms. The van der Waals surface area contributed by atoms with Crippen molar-refractivity contribution in [1.29, 1.82) is 0 Å². The van der Waals surface area contributed by atoms with Gasteiger partial charge in [-0.1, -0.05) is 37.6 Å². The quantitative estimate of drug-likeness (QED) is 0.908. The molecule has 0 aliphatic heterocycles. The summed E-state index contributed by atoms with van der Waals surface area (Å²) in [4.78, 5) is 8.44. The van der Waals surface area contributed by atoms with E-state index < -0.39 is 0 Å². The van der Waals surface area contributed by atoms with Gasteiger partial charge in [0, 0.05) is 23.3 Å². The number of halogens is 1. The number of hydrogen-bond donors (Lipinski definition) is 1. The van der Waals surface area contributed by atoms with Crippen molar-refractivity contribution in [3.8, 4) is 0 Å². The lowest BCUT2D eigenvalue weighted by molar-refractivity contribution is 0.814. The highest BCUT2D eigenvalue weighted by molar-refractivity contribution is 6.30. The van der Waals surface area contributed by atoms with Crippen LogP contribution in [0, 0.1) is 0 Å². The summed E-state index contributed by atoms with van der Waals surface area (Å²) in [5.74, 6) is 1.24. The van der Waals surface area contributed by atoms with Gasteiger partial charge < -0.3 is 5.32 Å². The monoisotopic (exact) mass is 261 g/mol. The van der Waals surface area contributed by atoms with Crippen molar-refractivity contribution >= 4 is 17.4 Å². The Morgan fingerprint density at radius 1 is 1.22 bits per heavy atom. The fraction of sp³-hybridized carbons (Fsp3) is 0.286. The van der Waals surface area contributed by atoms with Gasteiger partial charge in [-0.15, -0.1) is 0 Å². The molecule has 0 atom stereocenters. The van der Waals surface area contributed by atoms with E-state index in [1.165, 1.54) is 0 Å². The second kappa shape index (κ2) is 5.83. The van der Waals surface area contributed by atoms with Crippen LogP contribution in [-0.2, 0) is 6.54 Å². The molecule has 4 heteroatoms. The second-order valence-electron chi connectivity index (χ2n) is 4.47. The third-order valence-corrected chi connectivity index (χ3v) is 2.88. The Labute approximate surface area is 112 Å². The smallest absolute Gasteiger partial charge is 0.129 e. The standard InChI is InChI=1S/C14H16ClN3/c1-10(2)13-7-14(18-9-17-13)16-8-11-4-3-5-12(15)6-11/h3-7,9-10H,8H2,1-2H3,(H,16,17,18). The zero-order valence-electron chi connectivity index (χ0n) is 10.5. The van der Waals surface area contributed by atoms with E-state index in [4.69, 9.17) is 11.6 Å². The van der Waals surface area contributed by atoms with Crippen LogP contribution in [0.25, 0.3) is 0 Å². The molecule has 0 saturated carbocycles.